The molecule has 0 bridgehead atoms. The molecule has 1 atom stereocenters. The predicted molar refractivity (Wildman–Crippen MR) is 51.4 cm³/mol. The zero-order chi connectivity index (χ0) is 10.7. The monoisotopic (exact) mass is 191 g/mol. The van der Waals surface area contributed by atoms with E-state index in [4.69, 9.17) is 5.26 Å². The van der Waals surface area contributed by atoms with E-state index in [1.807, 2.05) is 0 Å². The van der Waals surface area contributed by atoms with Crippen LogP contribution in [-0.2, 0) is 0 Å². The number of rotatable bonds is 2. The molecule has 0 aliphatic carbocycles. The first kappa shape index (κ1) is 10.3. The van der Waals surface area contributed by atoms with E-state index >= 15 is 0 Å². The summed E-state index contributed by atoms with van der Waals surface area (Å²) in [6.45, 7) is 5.37. The maximum atomic E-state index is 13.0. The van der Waals surface area contributed by atoms with Crippen molar-refractivity contribution in [2.45, 2.75) is 12.8 Å². The van der Waals surface area contributed by atoms with E-state index in [0.29, 0.717) is 5.56 Å². The molecular formula is C11H10FNO. The van der Waals surface area contributed by atoms with Crippen LogP contribution in [0.3, 0.4) is 0 Å². The third-order valence-corrected chi connectivity index (χ3v) is 2.11. The molecule has 0 aliphatic heterocycles. The molecule has 0 amide bonds. The van der Waals surface area contributed by atoms with Crippen LogP contribution >= 0.6 is 0 Å². The van der Waals surface area contributed by atoms with Crippen LogP contribution in [-0.4, -0.2) is 5.11 Å². The minimum absolute atomic E-state index is 0.109. The summed E-state index contributed by atoms with van der Waals surface area (Å²) in [4.78, 5) is 0. The molecule has 2 nitrogen and oxygen atoms in total. The van der Waals surface area contributed by atoms with Gasteiger partial charge in [0.15, 0.2) is 0 Å². The third kappa shape index (κ3) is 1.60. The fraction of sp³-hybridized carbons (Fsp3) is 0.182. The quantitative estimate of drug-likeness (QED) is 0.730. The minimum Gasteiger partial charge on any atom is -0.506 e. The lowest BCUT2D eigenvalue weighted by molar-refractivity contribution is 0.458. The van der Waals surface area contributed by atoms with Gasteiger partial charge in [-0.25, -0.2) is 4.39 Å². The molecule has 0 aromatic heterocycles. The molecule has 0 spiro atoms. The summed E-state index contributed by atoms with van der Waals surface area (Å²) < 4.78 is 13.0. The molecule has 1 aromatic rings. The van der Waals surface area contributed by atoms with Crippen molar-refractivity contribution in [2.75, 3.05) is 0 Å². The number of hydrogen-bond donors (Lipinski definition) is 1. The van der Waals surface area contributed by atoms with Gasteiger partial charge in [0.25, 0.3) is 0 Å². The fourth-order valence-electron chi connectivity index (χ4n) is 1.18. The molecule has 1 rings (SSSR count). The van der Waals surface area contributed by atoms with Gasteiger partial charge in [0.05, 0.1) is 0 Å². The smallest absolute Gasteiger partial charge is 0.144 e. The first-order valence-electron chi connectivity index (χ1n) is 4.15. The van der Waals surface area contributed by atoms with E-state index in [9.17, 15) is 9.50 Å². The number of phenolic OH excluding ortho intramolecular Hbond substituents is 1. The second kappa shape index (κ2) is 3.93. The molecule has 1 N–H and O–H groups in total. The molecule has 0 radical (unpaired) electrons. The standard InChI is InChI=1S/C11H10FNO/c1-3-7(2)8-4-5-10(12)9(6-13)11(8)14/h3-5,7,14H,1H2,2H3. The summed E-state index contributed by atoms with van der Waals surface area (Å²) >= 11 is 0. The van der Waals surface area contributed by atoms with Gasteiger partial charge >= 0.3 is 0 Å². The van der Waals surface area contributed by atoms with Crippen LogP contribution in [0.2, 0.25) is 0 Å². The van der Waals surface area contributed by atoms with Gasteiger partial charge in [-0.2, -0.15) is 5.26 Å². The van der Waals surface area contributed by atoms with Gasteiger partial charge in [0.1, 0.15) is 23.2 Å². The predicted octanol–water partition coefficient (Wildman–Crippen LogP) is 2.69. The number of nitriles is 1. The largest absolute Gasteiger partial charge is 0.506 e. The highest BCUT2D eigenvalue weighted by Gasteiger charge is 2.14. The molecular weight excluding hydrogens is 181 g/mol. The summed E-state index contributed by atoms with van der Waals surface area (Å²) in [5.41, 5.74) is 0.203. The zero-order valence-electron chi connectivity index (χ0n) is 7.79. The molecule has 0 aliphatic rings. The van der Waals surface area contributed by atoms with Crippen molar-refractivity contribution in [1.82, 2.24) is 0 Å². The minimum atomic E-state index is -0.704. The summed E-state index contributed by atoms with van der Waals surface area (Å²) in [7, 11) is 0. The topological polar surface area (TPSA) is 44.0 Å². The Labute approximate surface area is 81.9 Å². The summed E-state index contributed by atoms with van der Waals surface area (Å²) in [5.74, 6) is -1.10. The Morgan fingerprint density at radius 2 is 2.29 bits per heavy atom. The molecule has 1 aromatic carbocycles. The number of phenols is 1. The number of halogens is 1. The van der Waals surface area contributed by atoms with E-state index in [-0.39, 0.29) is 17.2 Å². The first-order valence-corrected chi connectivity index (χ1v) is 4.15. The van der Waals surface area contributed by atoms with Crippen LogP contribution < -0.4 is 0 Å². The summed E-state index contributed by atoms with van der Waals surface area (Å²) in [6.07, 6.45) is 1.62. The summed E-state index contributed by atoms with van der Waals surface area (Å²) in [5, 5.41) is 18.2. The highest BCUT2D eigenvalue weighted by molar-refractivity contribution is 5.50. The average molecular weight is 191 g/mol. The van der Waals surface area contributed by atoms with E-state index in [1.54, 1.807) is 19.1 Å². The lowest BCUT2D eigenvalue weighted by Gasteiger charge is -2.09. The zero-order valence-corrected chi connectivity index (χ0v) is 7.79. The van der Waals surface area contributed by atoms with Crippen molar-refractivity contribution in [2.24, 2.45) is 0 Å². The number of nitrogens with zero attached hydrogens (tertiary/aromatic N) is 1. The second-order valence-electron chi connectivity index (χ2n) is 3.00. The van der Waals surface area contributed by atoms with Crippen LogP contribution in [0.4, 0.5) is 4.39 Å². The molecule has 72 valence electrons. The molecule has 0 saturated heterocycles. The molecule has 0 saturated carbocycles. The van der Waals surface area contributed by atoms with Crippen molar-refractivity contribution >= 4 is 0 Å². The Bertz CT molecular complexity index is 406. The Hall–Kier alpha value is -1.82. The van der Waals surface area contributed by atoms with Gasteiger partial charge in [0.2, 0.25) is 0 Å². The average Bonchev–Trinajstić information content (AvgIpc) is 2.18. The van der Waals surface area contributed by atoms with Gasteiger partial charge in [0, 0.05) is 11.5 Å². The van der Waals surface area contributed by atoms with Gasteiger partial charge < -0.3 is 5.11 Å². The Balaban J connectivity index is 3.37. The highest BCUT2D eigenvalue weighted by atomic mass is 19.1. The van der Waals surface area contributed by atoms with E-state index in [1.165, 1.54) is 12.1 Å². The Kier molecular flexibility index (Phi) is 2.88. The van der Waals surface area contributed by atoms with E-state index in [0.717, 1.165) is 0 Å². The summed E-state index contributed by atoms with van der Waals surface area (Å²) in [6, 6.07) is 4.25. The maximum Gasteiger partial charge on any atom is 0.144 e. The number of allylic oxidation sites excluding steroid dienone is 1. The number of aromatic hydroxyl groups is 1. The lowest BCUT2D eigenvalue weighted by atomic mass is 9.98. The van der Waals surface area contributed by atoms with Crippen LogP contribution in [0.1, 0.15) is 24.0 Å². The third-order valence-electron chi connectivity index (χ3n) is 2.11. The van der Waals surface area contributed by atoms with Gasteiger partial charge in [-0.3, -0.25) is 0 Å². The van der Waals surface area contributed by atoms with Crippen LogP contribution in [0, 0.1) is 17.1 Å². The molecule has 14 heavy (non-hydrogen) atoms. The van der Waals surface area contributed by atoms with Gasteiger partial charge in [-0.15, -0.1) is 6.58 Å². The molecule has 0 fully saturated rings. The van der Waals surface area contributed by atoms with Gasteiger partial charge in [-0.05, 0) is 6.07 Å². The van der Waals surface area contributed by atoms with Crippen LogP contribution in [0.25, 0.3) is 0 Å². The normalized spacial score (nSPS) is 11.8. The fourth-order valence-corrected chi connectivity index (χ4v) is 1.18. The SMILES string of the molecule is C=CC(C)c1ccc(F)c(C#N)c1O. The van der Waals surface area contributed by atoms with Crippen molar-refractivity contribution in [3.63, 3.8) is 0 Å². The Morgan fingerprint density at radius 1 is 1.64 bits per heavy atom. The first-order chi connectivity index (χ1) is 6.61. The van der Waals surface area contributed by atoms with E-state index in [2.05, 4.69) is 6.58 Å². The molecule has 0 heterocycles. The van der Waals surface area contributed by atoms with Crippen LogP contribution in [0.15, 0.2) is 24.8 Å². The molecule has 3 heteroatoms. The van der Waals surface area contributed by atoms with E-state index < -0.39 is 5.82 Å². The highest BCUT2D eigenvalue weighted by Crippen LogP contribution is 2.30. The lowest BCUT2D eigenvalue weighted by Crippen LogP contribution is -1.94. The van der Waals surface area contributed by atoms with Crippen molar-refractivity contribution in [1.29, 1.82) is 5.26 Å². The van der Waals surface area contributed by atoms with Gasteiger partial charge in [-0.1, -0.05) is 19.1 Å². The van der Waals surface area contributed by atoms with Crippen molar-refractivity contribution in [3.05, 3.63) is 41.7 Å². The van der Waals surface area contributed by atoms with Crippen LogP contribution in [0.5, 0.6) is 5.75 Å². The van der Waals surface area contributed by atoms with Crippen molar-refractivity contribution in [3.8, 4) is 11.8 Å². The maximum absolute atomic E-state index is 13.0. The second-order valence-corrected chi connectivity index (χ2v) is 3.00. The molecule has 1 unspecified atom stereocenters. The van der Waals surface area contributed by atoms with Crippen molar-refractivity contribution < 1.29 is 9.50 Å². The number of hydrogen-bond acceptors (Lipinski definition) is 2. The number of benzene rings is 1. The Morgan fingerprint density at radius 3 is 2.79 bits per heavy atom.